The second kappa shape index (κ2) is 11.2. The number of carbonyl (C=O) groups is 1. The summed E-state index contributed by atoms with van der Waals surface area (Å²) in [7, 11) is -10.00. The Hall–Kier alpha value is -2.00. The zero-order valence-corrected chi connectivity index (χ0v) is 21.9. The average molecular weight is 553 g/mol. The maximum absolute atomic E-state index is 12.3. The van der Waals surface area contributed by atoms with Crippen molar-refractivity contribution < 1.29 is 51.3 Å². The van der Waals surface area contributed by atoms with Crippen molar-refractivity contribution in [1.29, 1.82) is 0 Å². The molecule has 0 spiro atoms. The van der Waals surface area contributed by atoms with Gasteiger partial charge in [0.2, 0.25) is 0 Å². The molecular formula is C18H29N5O11P2. The summed E-state index contributed by atoms with van der Waals surface area (Å²) in [6.07, 6.45) is -2.80. The molecule has 1 aliphatic heterocycles. The number of fused-ring (bicyclic) bond motifs is 1. The van der Waals surface area contributed by atoms with Gasteiger partial charge in [0.15, 0.2) is 23.8 Å². The lowest BCUT2D eigenvalue weighted by atomic mass is 10.1. The van der Waals surface area contributed by atoms with Gasteiger partial charge in [0.05, 0.1) is 25.1 Å². The van der Waals surface area contributed by atoms with Gasteiger partial charge in [0.25, 0.3) is 0 Å². The van der Waals surface area contributed by atoms with Crippen molar-refractivity contribution in [1.82, 2.24) is 19.5 Å². The standard InChI is InChI=1S/C18H29N5O11P2/c1-9(2)30-14-12(6-29-35(25,26)34-36(27,28)33-10(3)4)32-18(15(14)31-11(5)24)23-8-22-13-16(19)20-7-21-17(13)23/h7-10,12,14-15,18H,6H2,1-5H3,(H,25,26)(H,27,28)(H2,19,20,21)/t12-,14?,15+,18-/m1/s1. The largest absolute Gasteiger partial charge is 0.481 e. The first-order valence-electron chi connectivity index (χ1n) is 10.8. The van der Waals surface area contributed by atoms with Gasteiger partial charge in [-0.3, -0.25) is 18.4 Å². The number of nitrogen functional groups attached to an aromatic ring is 1. The van der Waals surface area contributed by atoms with Gasteiger partial charge >= 0.3 is 21.6 Å². The highest BCUT2D eigenvalue weighted by Gasteiger charge is 2.50. The van der Waals surface area contributed by atoms with Crippen LogP contribution in [-0.2, 0) is 41.5 Å². The van der Waals surface area contributed by atoms with Crippen LogP contribution in [0.15, 0.2) is 12.7 Å². The molecule has 0 aliphatic carbocycles. The second-order valence-electron chi connectivity index (χ2n) is 8.34. The van der Waals surface area contributed by atoms with Crippen LogP contribution in [0.1, 0.15) is 40.8 Å². The first-order chi connectivity index (χ1) is 16.7. The van der Waals surface area contributed by atoms with Gasteiger partial charge in [-0.15, -0.1) is 0 Å². The van der Waals surface area contributed by atoms with Gasteiger partial charge in [-0.2, -0.15) is 4.31 Å². The molecule has 1 aliphatic rings. The van der Waals surface area contributed by atoms with Crippen LogP contribution in [0.4, 0.5) is 5.82 Å². The normalized spacial score (nSPS) is 25.8. The Kier molecular flexibility index (Phi) is 8.87. The fourth-order valence-electron chi connectivity index (χ4n) is 3.53. The number of hydrogen-bond donors (Lipinski definition) is 3. The number of anilines is 1. The van der Waals surface area contributed by atoms with Crippen molar-refractivity contribution in [2.45, 2.75) is 71.4 Å². The van der Waals surface area contributed by atoms with Gasteiger partial charge < -0.3 is 29.7 Å². The number of phosphoric acid groups is 2. The predicted octanol–water partition coefficient (Wildman–Crippen LogP) is 1.69. The van der Waals surface area contributed by atoms with E-state index in [1.54, 1.807) is 13.8 Å². The predicted molar refractivity (Wildman–Crippen MR) is 122 cm³/mol. The van der Waals surface area contributed by atoms with E-state index >= 15 is 0 Å². The van der Waals surface area contributed by atoms with Crippen molar-refractivity contribution in [2.75, 3.05) is 12.3 Å². The van der Waals surface area contributed by atoms with Crippen LogP contribution >= 0.6 is 15.6 Å². The van der Waals surface area contributed by atoms with Crippen molar-refractivity contribution in [2.24, 2.45) is 0 Å². The SMILES string of the molecule is CC(=O)O[C@H]1C(OC(C)C)[C@@H](COP(=O)(O)OP(=O)(O)OC(C)C)O[C@H]1n1cnc2c(N)ncnc21. The van der Waals surface area contributed by atoms with Crippen LogP contribution in [0, 0.1) is 0 Å². The van der Waals surface area contributed by atoms with E-state index in [2.05, 4.69) is 23.8 Å². The number of phosphoric ester groups is 2. The Labute approximate surface area is 206 Å². The van der Waals surface area contributed by atoms with Crippen LogP contribution in [0.25, 0.3) is 11.2 Å². The number of carbonyl (C=O) groups excluding carboxylic acids is 1. The number of nitrogens with two attached hydrogens (primary N) is 1. The Morgan fingerprint density at radius 3 is 2.44 bits per heavy atom. The third kappa shape index (κ3) is 7.06. The molecule has 1 fully saturated rings. The molecule has 3 heterocycles. The molecule has 0 radical (unpaired) electrons. The molecular weight excluding hydrogens is 524 g/mol. The summed E-state index contributed by atoms with van der Waals surface area (Å²) < 4.78 is 57.0. The van der Waals surface area contributed by atoms with E-state index in [1.165, 1.54) is 38.0 Å². The van der Waals surface area contributed by atoms with E-state index in [1.807, 2.05) is 0 Å². The monoisotopic (exact) mass is 553 g/mol. The number of aromatic nitrogens is 4. The fourth-order valence-corrected chi connectivity index (χ4v) is 5.78. The first-order valence-corrected chi connectivity index (χ1v) is 13.8. The highest BCUT2D eigenvalue weighted by atomic mass is 31.3. The maximum atomic E-state index is 12.3. The van der Waals surface area contributed by atoms with Crippen LogP contribution < -0.4 is 5.73 Å². The van der Waals surface area contributed by atoms with Gasteiger partial charge in [0.1, 0.15) is 24.1 Å². The third-order valence-corrected chi connectivity index (χ3v) is 7.44. The fraction of sp³-hybridized carbons (Fsp3) is 0.667. The number of esters is 1. The second-order valence-corrected chi connectivity index (χ2v) is 11.3. The average Bonchev–Trinajstić information content (AvgIpc) is 3.27. The molecule has 202 valence electrons. The van der Waals surface area contributed by atoms with Crippen molar-refractivity contribution in [3.8, 4) is 0 Å². The van der Waals surface area contributed by atoms with Gasteiger partial charge in [-0.1, -0.05) is 0 Å². The van der Waals surface area contributed by atoms with Crippen molar-refractivity contribution >= 4 is 38.6 Å². The number of hydrogen-bond acceptors (Lipinski definition) is 13. The lowest BCUT2D eigenvalue weighted by molar-refractivity contribution is -0.159. The third-order valence-electron chi connectivity index (χ3n) is 4.63. The lowest BCUT2D eigenvalue weighted by Crippen LogP contribution is -2.40. The number of ether oxygens (including phenoxy) is 3. The van der Waals surface area contributed by atoms with Crippen LogP contribution in [0.2, 0.25) is 0 Å². The summed E-state index contributed by atoms with van der Waals surface area (Å²) in [5, 5.41) is 0. The minimum absolute atomic E-state index is 0.117. The first kappa shape index (κ1) is 28.6. The Bertz CT molecular complexity index is 1180. The van der Waals surface area contributed by atoms with E-state index in [-0.39, 0.29) is 23.1 Å². The molecule has 1 saturated heterocycles. The van der Waals surface area contributed by atoms with E-state index < -0.39 is 58.9 Å². The molecule has 0 amide bonds. The van der Waals surface area contributed by atoms with Crippen LogP contribution in [0.3, 0.4) is 0 Å². The molecule has 36 heavy (non-hydrogen) atoms. The number of rotatable bonds is 11. The maximum Gasteiger partial charge on any atom is 0.481 e. The van der Waals surface area contributed by atoms with E-state index in [0.717, 1.165) is 0 Å². The summed E-state index contributed by atoms with van der Waals surface area (Å²) in [5.74, 6) is -0.527. The molecule has 3 unspecified atom stereocenters. The zero-order valence-electron chi connectivity index (χ0n) is 20.2. The lowest BCUT2D eigenvalue weighted by Gasteiger charge is -2.26. The van der Waals surface area contributed by atoms with Crippen LogP contribution in [0.5, 0.6) is 0 Å². The summed E-state index contributed by atoms with van der Waals surface area (Å²) in [4.78, 5) is 43.8. The summed E-state index contributed by atoms with van der Waals surface area (Å²) >= 11 is 0. The topological polar surface area (TPSA) is 217 Å². The molecule has 3 rings (SSSR count). The molecule has 0 saturated carbocycles. The van der Waals surface area contributed by atoms with E-state index in [0.29, 0.717) is 0 Å². The quantitative estimate of drug-likeness (QED) is 0.266. The van der Waals surface area contributed by atoms with E-state index in [4.69, 9.17) is 24.5 Å². The minimum atomic E-state index is -5.09. The minimum Gasteiger partial charge on any atom is -0.455 e. The Morgan fingerprint density at radius 1 is 1.14 bits per heavy atom. The van der Waals surface area contributed by atoms with Crippen LogP contribution in [-0.4, -0.2) is 72.4 Å². The summed E-state index contributed by atoms with van der Waals surface area (Å²) in [5.41, 5.74) is 6.41. The zero-order chi connectivity index (χ0) is 26.8. The van der Waals surface area contributed by atoms with Crippen molar-refractivity contribution in [3.63, 3.8) is 0 Å². The molecule has 0 aromatic carbocycles. The van der Waals surface area contributed by atoms with Gasteiger partial charge in [-0.25, -0.2) is 24.1 Å². The Balaban J connectivity index is 1.89. The highest BCUT2D eigenvalue weighted by molar-refractivity contribution is 7.61. The molecule has 18 heteroatoms. The molecule has 0 bridgehead atoms. The van der Waals surface area contributed by atoms with Gasteiger partial charge in [-0.05, 0) is 27.7 Å². The van der Waals surface area contributed by atoms with Crippen molar-refractivity contribution in [3.05, 3.63) is 12.7 Å². The number of imidazole rings is 1. The Morgan fingerprint density at radius 2 is 1.83 bits per heavy atom. The highest BCUT2D eigenvalue weighted by Crippen LogP contribution is 2.61. The van der Waals surface area contributed by atoms with E-state index in [9.17, 15) is 23.7 Å². The molecule has 2 aromatic rings. The molecule has 4 N–H and O–H groups in total. The summed E-state index contributed by atoms with van der Waals surface area (Å²) in [6, 6.07) is 0. The summed E-state index contributed by atoms with van der Waals surface area (Å²) in [6.45, 7) is 6.87. The van der Waals surface area contributed by atoms with Gasteiger partial charge in [0, 0.05) is 6.92 Å². The molecule has 2 aromatic heterocycles. The molecule has 16 nitrogen and oxygen atoms in total. The number of nitrogens with zero attached hydrogens (tertiary/aromatic N) is 4. The smallest absolute Gasteiger partial charge is 0.455 e. The molecule has 6 atom stereocenters.